The summed E-state index contributed by atoms with van der Waals surface area (Å²) in [5.41, 5.74) is 1.86. The molecule has 0 heterocycles. The number of carboxylic acid groups (broad SMARTS) is 1. The van der Waals surface area contributed by atoms with Crippen LogP contribution in [0.2, 0.25) is 0 Å². The minimum atomic E-state index is -1.12. The Hall–Kier alpha value is -3.39. The second kappa shape index (κ2) is 12.3. The lowest BCUT2D eigenvalue weighted by atomic mass is 10.0. The molecule has 0 radical (unpaired) electrons. The number of aromatic hydroxyl groups is 1. The van der Waals surface area contributed by atoms with Crippen molar-refractivity contribution >= 4 is 17.8 Å². The molecule has 0 fully saturated rings. The first kappa shape index (κ1) is 23.9. The van der Waals surface area contributed by atoms with E-state index in [9.17, 15) is 24.6 Å². The van der Waals surface area contributed by atoms with Gasteiger partial charge in [-0.05, 0) is 42.6 Å². The van der Waals surface area contributed by atoms with E-state index in [2.05, 4.69) is 10.6 Å². The Labute approximate surface area is 181 Å². The molecule has 0 bridgehead atoms. The van der Waals surface area contributed by atoms with E-state index in [1.807, 2.05) is 30.3 Å². The molecule has 0 aliphatic carbocycles. The number of phenolic OH excluding ortho intramolecular Hbond substituents is 1. The number of hydrogen-bond acceptors (Lipinski definition) is 6. The van der Waals surface area contributed by atoms with Gasteiger partial charge in [-0.25, -0.2) is 4.79 Å². The van der Waals surface area contributed by atoms with Crippen molar-refractivity contribution in [2.75, 3.05) is 13.7 Å². The van der Waals surface area contributed by atoms with Gasteiger partial charge in [-0.15, -0.1) is 0 Å². The van der Waals surface area contributed by atoms with Gasteiger partial charge in [0.25, 0.3) is 0 Å². The fourth-order valence-corrected chi connectivity index (χ4v) is 3.12. The summed E-state index contributed by atoms with van der Waals surface area (Å²) in [5.74, 6) is -2.10. The van der Waals surface area contributed by atoms with Gasteiger partial charge in [0.05, 0.1) is 19.6 Å². The number of amides is 1. The molecule has 0 aliphatic heterocycles. The molecule has 2 rings (SSSR count). The third kappa shape index (κ3) is 8.47. The monoisotopic (exact) mass is 428 g/mol. The second-order valence-corrected chi connectivity index (χ2v) is 7.15. The zero-order valence-electron chi connectivity index (χ0n) is 17.4. The molecule has 2 aromatic rings. The van der Waals surface area contributed by atoms with E-state index in [1.165, 1.54) is 7.11 Å². The van der Waals surface area contributed by atoms with Crippen LogP contribution in [0.25, 0.3) is 0 Å². The molecule has 8 nitrogen and oxygen atoms in total. The van der Waals surface area contributed by atoms with Crippen LogP contribution in [0.3, 0.4) is 0 Å². The SMILES string of the molecule is COC(=O)[C@H](Cc1ccccc1)NC(=O)[C@H](CC(=O)O)NCCCc1ccc(O)cc1. The van der Waals surface area contributed by atoms with Gasteiger partial charge in [-0.2, -0.15) is 0 Å². The summed E-state index contributed by atoms with van der Waals surface area (Å²) in [6, 6.07) is 14.1. The molecular formula is C23H28N2O6. The number of hydrogen-bond donors (Lipinski definition) is 4. The molecular weight excluding hydrogens is 400 g/mol. The summed E-state index contributed by atoms with van der Waals surface area (Å²) < 4.78 is 4.79. The number of esters is 1. The third-order valence-electron chi connectivity index (χ3n) is 4.75. The highest BCUT2D eigenvalue weighted by molar-refractivity contribution is 5.90. The van der Waals surface area contributed by atoms with Crippen molar-refractivity contribution < 1.29 is 29.3 Å². The van der Waals surface area contributed by atoms with Gasteiger partial charge >= 0.3 is 11.9 Å². The summed E-state index contributed by atoms with van der Waals surface area (Å²) in [7, 11) is 1.24. The third-order valence-corrected chi connectivity index (χ3v) is 4.75. The summed E-state index contributed by atoms with van der Waals surface area (Å²) >= 11 is 0. The molecule has 0 spiro atoms. The van der Waals surface area contributed by atoms with Crippen molar-refractivity contribution in [1.82, 2.24) is 10.6 Å². The summed E-state index contributed by atoms with van der Waals surface area (Å²) in [4.78, 5) is 36.1. The number of ether oxygens (including phenoxy) is 1. The first-order valence-corrected chi connectivity index (χ1v) is 10.0. The van der Waals surface area contributed by atoms with Crippen molar-refractivity contribution in [3.05, 3.63) is 65.7 Å². The molecule has 1 amide bonds. The Morgan fingerprint density at radius 2 is 1.65 bits per heavy atom. The number of methoxy groups -OCH3 is 1. The average molecular weight is 428 g/mol. The molecule has 31 heavy (non-hydrogen) atoms. The van der Waals surface area contributed by atoms with E-state index in [1.54, 1.807) is 24.3 Å². The quantitative estimate of drug-likeness (QED) is 0.299. The number of carboxylic acids is 1. The molecule has 0 unspecified atom stereocenters. The van der Waals surface area contributed by atoms with Crippen molar-refractivity contribution in [3.8, 4) is 5.75 Å². The van der Waals surface area contributed by atoms with Crippen molar-refractivity contribution in [3.63, 3.8) is 0 Å². The number of rotatable bonds is 12. The molecule has 2 atom stereocenters. The molecule has 0 saturated carbocycles. The van der Waals surface area contributed by atoms with Crippen LogP contribution in [0.15, 0.2) is 54.6 Å². The lowest BCUT2D eigenvalue weighted by molar-refractivity contribution is -0.145. The summed E-state index contributed by atoms with van der Waals surface area (Å²) in [6.07, 6.45) is 1.19. The van der Waals surface area contributed by atoms with Crippen LogP contribution >= 0.6 is 0 Å². The van der Waals surface area contributed by atoms with Gasteiger partial charge in [0, 0.05) is 6.42 Å². The van der Waals surface area contributed by atoms with E-state index in [0.717, 1.165) is 11.1 Å². The van der Waals surface area contributed by atoms with E-state index in [-0.39, 0.29) is 12.2 Å². The molecule has 8 heteroatoms. The maximum atomic E-state index is 12.7. The Morgan fingerprint density at radius 3 is 2.26 bits per heavy atom. The van der Waals surface area contributed by atoms with Crippen LogP contribution in [0, 0.1) is 0 Å². The van der Waals surface area contributed by atoms with Gasteiger partial charge in [-0.3, -0.25) is 9.59 Å². The zero-order chi connectivity index (χ0) is 22.6. The van der Waals surface area contributed by atoms with E-state index < -0.39 is 36.4 Å². The molecule has 166 valence electrons. The van der Waals surface area contributed by atoms with Gasteiger partial charge in [-0.1, -0.05) is 42.5 Å². The average Bonchev–Trinajstić information content (AvgIpc) is 2.76. The van der Waals surface area contributed by atoms with Crippen molar-refractivity contribution in [1.29, 1.82) is 0 Å². The largest absolute Gasteiger partial charge is 0.508 e. The maximum absolute atomic E-state index is 12.7. The second-order valence-electron chi connectivity index (χ2n) is 7.15. The van der Waals surface area contributed by atoms with Gasteiger partial charge in [0.1, 0.15) is 11.8 Å². The van der Waals surface area contributed by atoms with Crippen LogP contribution < -0.4 is 10.6 Å². The minimum absolute atomic E-state index is 0.190. The van der Waals surface area contributed by atoms with Crippen molar-refractivity contribution in [2.45, 2.75) is 37.8 Å². The fraction of sp³-hybridized carbons (Fsp3) is 0.348. The Balaban J connectivity index is 1.94. The predicted octanol–water partition coefficient (Wildman–Crippen LogP) is 1.66. The van der Waals surface area contributed by atoms with Gasteiger partial charge in [0.2, 0.25) is 5.91 Å². The minimum Gasteiger partial charge on any atom is -0.508 e. The van der Waals surface area contributed by atoms with Crippen LogP contribution in [0.4, 0.5) is 0 Å². The molecule has 2 aromatic carbocycles. The number of benzene rings is 2. The number of aryl methyl sites for hydroxylation is 1. The van der Waals surface area contributed by atoms with E-state index in [0.29, 0.717) is 19.4 Å². The van der Waals surface area contributed by atoms with Crippen LogP contribution in [-0.2, 0) is 32.0 Å². The number of carbonyl (C=O) groups is 3. The Kier molecular flexibility index (Phi) is 9.51. The van der Waals surface area contributed by atoms with E-state index in [4.69, 9.17) is 4.74 Å². The number of carbonyl (C=O) groups excluding carboxylic acids is 2. The lowest BCUT2D eigenvalue weighted by Crippen LogP contribution is -2.52. The number of aliphatic carboxylic acids is 1. The van der Waals surface area contributed by atoms with E-state index >= 15 is 0 Å². The highest BCUT2D eigenvalue weighted by Crippen LogP contribution is 2.11. The maximum Gasteiger partial charge on any atom is 0.328 e. The zero-order valence-corrected chi connectivity index (χ0v) is 17.4. The highest BCUT2D eigenvalue weighted by Gasteiger charge is 2.27. The fourth-order valence-electron chi connectivity index (χ4n) is 3.12. The van der Waals surface area contributed by atoms with Crippen LogP contribution in [0.1, 0.15) is 24.0 Å². The smallest absolute Gasteiger partial charge is 0.328 e. The van der Waals surface area contributed by atoms with Crippen LogP contribution in [-0.4, -0.2) is 53.8 Å². The van der Waals surface area contributed by atoms with Crippen LogP contribution in [0.5, 0.6) is 5.75 Å². The van der Waals surface area contributed by atoms with Gasteiger partial charge < -0.3 is 25.6 Å². The Morgan fingerprint density at radius 1 is 0.968 bits per heavy atom. The molecule has 0 aromatic heterocycles. The predicted molar refractivity (Wildman–Crippen MR) is 115 cm³/mol. The standard InChI is InChI=1S/C23H28N2O6/c1-31-23(30)20(14-17-6-3-2-4-7-17)25-22(29)19(15-21(27)28)24-13-5-8-16-9-11-18(26)12-10-16/h2-4,6-7,9-12,19-20,24,26H,5,8,13-15H2,1H3,(H,25,29)(H,27,28)/t19-,20-/m0/s1. The summed E-state index contributed by atoms with van der Waals surface area (Å²) in [5, 5.41) is 24.1. The highest BCUT2D eigenvalue weighted by atomic mass is 16.5. The molecule has 0 saturated heterocycles. The normalized spacial score (nSPS) is 12.5. The first-order chi connectivity index (χ1) is 14.9. The topological polar surface area (TPSA) is 125 Å². The van der Waals surface area contributed by atoms with Crippen molar-refractivity contribution in [2.24, 2.45) is 0 Å². The number of phenols is 1. The molecule has 4 N–H and O–H groups in total. The first-order valence-electron chi connectivity index (χ1n) is 10.0. The Bertz CT molecular complexity index is 854. The molecule has 0 aliphatic rings. The van der Waals surface area contributed by atoms with Gasteiger partial charge in [0.15, 0.2) is 0 Å². The summed E-state index contributed by atoms with van der Waals surface area (Å²) in [6.45, 7) is 0.411. The lowest BCUT2D eigenvalue weighted by Gasteiger charge is -2.21. The number of nitrogens with one attached hydrogen (secondary N) is 2.